The van der Waals surface area contributed by atoms with Crippen molar-refractivity contribution in [1.82, 2.24) is 19.8 Å². The summed E-state index contributed by atoms with van der Waals surface area (Å²) in [5, 5.41) is 8.84. The monoisotopic (exact) mass is 352 g/mol. The molecule has 2 bridgehead atoms. The van der Waals surface area contributed by atoms with E-state index >= 15 is 0 Å². The standard InChI is InChI=1S/C14H13ClN4O3S/c1-7-2-3-8(4-9(7)15)18-14(23)19(17-16-18)10-5-11(20)13-21-6-12(10)22-13/h2-4,10,12-13H,5-6H2,1H3/t10-,12+,13-/m0/s1. The zero-order valence-electron chi connectivity index (χ0n) is 12.2. The number of hydrogen-bond acceptors (Lipinski definition) is 6. The van der Waals surface area contributed by atoms with Crippen LogP contribution in [0.15, 0.2) is 18.2 Å². The van der Waals surface area contributed by atoms with E-state index in [9.17, 15) is 4.79 Å². The highest BCUT2D eigenvalue weighted by Gasteiger charge is 2.45. The molecule has 2 aliphatic heterocycles. The van der Waals surface area contributed by atoms with Gasteiger partial charge in [0.15, 0.2) is 5.78 Å². The van der Waals surface area contributed by atoms with Crippen LogP contribution < -0.4 is 0 Å². The van der Waals surface area contributed by atoms with Crippen molar-refractivity contribution in [3.05, 3.63) is 33.6 Å². The fourth-order valence-electron chi connectivity index (χ4n) is 2.81. The molecule has 3 heterocycles. The van der Waals surface area contributed by atoms with Crippen molar-refractivity contribution in [2.75, 3.05) is 6.61 Å². The number of fused-ring (bicyclic) bond motifs is 2. The Balaban J connectivity index is 1.72. The molecule has 120 valence electrons. The summed E-state index contributed by atoms with van der Waals surface area (Å²) in [5.74, 6) is -0.0985. The van der Waals surface area contributed by atoms with Crippen molar-refractivity contribution in [1.29, 1.82) is 0 Å². The van der Waals surface area contributed by atoms with Gasteiger partial charge in [-0.05, 0) is 47.3 Å². The lowest BCUT2D eigenvalue weighted by molar-refractivity contribution is -0.156. The molecule has 0 aliphatic carbocycles. The van der Waals surface area contributed by atoms with Gasteiger partial charge < -0.3 is 9.47 Å². The van der Waals surface area contributed by atoms with E-state index in [1.807, 2.05) is 19.1 Å². The lowest BCUT2D eigenvalue weighted by atomic mass is 10.0. The van der Waals surface area contributed by atoms with E-state index < -0.39 is 6.29 Å². The van der Waals surface area contributed by atoms with Crippen molar-refractivity contribution >= 4 is 29.6 Å². The number of carbonyl (C=O) groups excluding carboxylic acids is 1. The smallest absolute Gasteiger partial charge is 0.221 e. The van der Waals surface area contributed by atoms with Crippen LogP contribution in [0.3, 0.4) is 0 Å². The van der Waals surface area contributed by atoms with Crippen molar-refractivity contribution < 1.29 is 14.3 Å². The lowest BCUT2D eigenvalue weighted by Gasteiger charge is -2.25. The van der Waals surface area contributed by atoms with Gasteiger partial charge in [-0.1, -0.05) is 17.7 Å². The normalized spacial score (nSPS) is 26.7. The molecule has 0 saturated carbocycles. The van der Waals surface area contributed by atoms with Crippen LogP contribution >= 0.6 is 23.8 Å². The van der Waals surface area contributed by atoms with E-state index in [4.69, 9.17) is 33.3 Å². The molecule has 2 fully saturated rings. The number of rotatable bonds is 2. The summed E-state index contributed by atoms with van der Waals surface area (Å²) in [5.41, 5.74) is 1.69. The van der Waals surface area contributed by atoms with Crippen LogP contribution in [0.2, 0.25) is 5.02 Å². The van der Waals surface area contributed by atoms with E-state index in [0.29, 0.717) is 16.4 Å². The number of ether oxygens (including phenoxy) is 2. The number of carbonyl (C=O) groups is 1. The molecule has 1 aromatic carbocycles. The maximum atomic E-state index is 11.9. The van der Waals surface area contributed by atoms with Gasteiger partial charge in [0.2, 0.25) is 11.1 Å². The number of ketones is 1. The maximum absolute atomic E-state index is 11.9. The molecule has 7 nitrogen and oxygen atoms in total. The molecule has 4 rings (SSSR count). The molecular weight excluding hydrogens is 340 g/mol. The van der Waals surface area contributed by atoms with Gasteiger partial charge in [-0.15, -0.1) is 0 Å². The lowest BCUT2D eigenvalue weighted by Crippen LogP contribution is -2.37. The first kappa shape index (κ1) is 14.9. The first-order chi connectivity index (χ1) is 11.0. The molecule has 2 saturated heterocycles. The number of halogens is 1. The Bertz CT molecular complexity index is 849. The molecular formula is C14H13ClN4O3S. The molecule has 3 atom stereocenters. The first-order valence-electron chi connectivity index (χ1n) is 7.15. The fraction of sp³-hybridized carbons (Fsp3) is 0.429. The van der Waals surface area contributed by atoms with Crippen LogP contribution in [0.4, 0.5) is 0 Å². The predicted octanol–water partition coefficient (Wildman–Crippen LogP) is 2.02. The molecule has 2 aliphatic rings. The predicted molar refractivity (Wildman–Crippen MR) is 83.2 cm³/mol. The van der Waals surface area contributed by atoms with Gasteiger partial charge in [0.1, 0.15) is 6.10 Å². The third kappa shape index (κ3) is 2.42. The van der Waals surface area contributed by atoms with Crippen molar-refractivity contribution in [3.8, 4) is 5.69 Å². The summed E-state index contributed by atoms with van der Waals surface area (Å²) < 4.78 is 14.3. The average molecular weight is 353 g/mol. The van der Waals surface area contributed by atoms with E-state index in [1.54, 1.807) is 10.7 Å². The van der Waals surface area contributed by atoms with Crippen molar-refractivity contribution in [3.63, 3.8) is 0 Å². The van der Waals surface area contributed by atoms with Crippen LogP contribution in [0.5, 0.6) is 0 Å². The highest BCUT2D eigenvalue weighted by atomic mass is 35.5. The molecule has 2 aromatic rings. The van der Waals surface area contributed by atoms with Crippen LogP contribution in [-0.4, -0.2) is 44.6 Å². The van der Waals surface area contributed by atoms with Crippen LogP contribution in [0, 0.1) is 11.7 Å². The Labute approximate surface area is 141 Å². The minimum absolute atomic E-state index is 0.0985. The molecule has 0 radical (unpaired) electrons. The molecule has 1 aromatic heterocycles. The number of aryl methyl sites for hydroxylation is 1. The van der Waals surface area contributed by atoms with Crippen molar-refractivity contribution in [2.24, 2.45) is 0 Å². The topological polar surface area (TPSA) is 71.2 Å². The SMILES string of the molecule is Cc1ccc(-n2nnn([C@H]3CC(=O)[C@H]4OC[C@H]3O4)c2=S)cc1Cl. The van der Waals surface area contributed by atoms with Crippen LogP contribution in [0.25, 0.3) is 5.69 Å². The summed E-state index contributed by atoms with van der Waals surface area (Å²) in [6.45, 7) is 2.27. The zero-order valence-corrected chi connectivity index (χ0v) is 13.8. The van der Waals surface area contributed by atoms with E-state index in [-0.39, 0.29) is 24.3 Å². The van der Waals surface area contributed by atoms with Gasteiger partial charge in [-0.25, -0.2) is 4.68 Å². The average Bonchev–Trinajstić information content (AvgIpc) is 3.12. The Kier molecular flexibility index (Phi) is 3.56. The Morgan fingerprint density at radius 2 is 2.22 bits per heavy atom. The summed E-state index contributed by atoms with van der Waals surface area (Å²) in [7, 11) is 0. The number of aromatic nitrogens is 4. The van der Waals surface area contributed by atoms with Crippen molar-refractivity contribution in [2.45, 2.75) is 31.8 Å². The number of Topliss-reactive ketones (excluding diaryl/α,β-unsaturated/α-hetero) is 1. The minimum Gasteiger partial charge on any atom is -0.343 e. The number of nitrogens with zero attached hydrogens (tertiary/aromatic N) is 4. The second kappa shape index (κ2) is 5.48. The Morgan fingerprint density at radius 3 is 3.00 bits per heavy atom. The largest absolute Gasteiger partial charge is 0.343 e. The Hall–Kier alpha value is -1.61. The Morgan fingerprint density at radius 1 is 1.39 bits per heavy atom. The molecule has 0 N–H and O–H groups in total. The van der Waals surface area contributed by atoms with Gasteiger partial charge in [0.25, 0.3) is 0 Å². The highest BCUT2D eigenvalue weighted by Crippen LogP contribution is 2.32. The third-order valence-electron chi connectivity index (χ3n) is 4.13. The second-order valence-corrected chi connectivity index (χ2v) is 6.40. The summed E-state index contributed by atoms with van der Waals surface area (Å²) in [4.78, 5) is 11.9. The summed E-state index contributed by atoms with van der Waals surface area (Å²) in [6.07, 6.45) is -0.704. The zero-order chi connectivity index (χ0) is 16.1. The molecule has 0 amide bonds. The maximum Gasteiger partial charge on any atom is 0.221 e. The van der Waals surface area contributed by atoms with E-state index in [2.05, 4.69) is 10.4 Å². The van der Waals surface area contributed by atoms with Gasteiger partial charge in [-0.2, -0.15) is 4.68 Å². The molecule has 23 heavy (non-hydrogen) atoms. The number of tetrazole rings is 1. The van der Waals surface area contributed by atoms with Gasteiger partial charge >= 0.3 is 0 Å². The molecule has 0 spiro atoms. The third-order valence-corrected chi connectivity index (χ3v) is 4.90. The fourth-order valence-corrected chi connectivity index (χ4v) is 3.30. The minimum atomic E-state index is -0.739. The highest BCUT2D eigenvalue weighted by molar-refractivity contribution is 7.71. The van der Waals surface area contributed by atoms with E-state index in [0.717, 1.165) is 11.3 Å². The summed E-state index contributed by atoms with van der Waals surface area (Å²) in [6, 6.07) is 5.24. The molecule has 0 unspecified atom stereocenters. The second-order valence-electron chi connectivity index (χ2n) is 5.63. The number of benzene rings is 1. The van der Waals surface area contributed by atoms with Crippen LogP contribution in [0.1, 0.15) is 18.0 Å². The van der Waals surface area contributed by atoms with Gasteiger partial charge in [0.05, 0.1) is 18.3 Å². The number of hydrogen-bond donors (Lipinski definition) is 0. The molecule has 9 heteroatoms. The first-order valence-corrected chi connectivity index (χ1v) is 7.94. The van der Waals surface area contributed by atoms with E-state index in [1.165, 1.54) is 4.68 Å². The van der Waals surface area contributed by atoms with Gasteiger partial charge in [0, 0.05) is 11.4 Å². The van der Waals surface area contributed by atoms with Crippen LogP contribution in [-0.2, 0) is 14.3 Å². The quantitative estimate of drug-likeness (QED) is 0.770. The summed E-state index contributed by atoms with van der Waals surface area (Å²) >= 11 is 11.6. The van der Waals surface area contributed by atoms with Gasteiger partial charge in [-0.3, -0.25) is 4.79 Å².